The fourth-order valence-corrected chi connectivity index (χ4v) is 18.8. The number of piperidine rings is 2. The fourth-order valence-electron chi connectivity index (χ4n) is 18.8. The van der Waals surface area contributed by atoms with Crippen molar-refractivity contribution in [3.05, 3.63) is 306 Å². The van der Waals surface area contributed by atoms with Gasteiger partial charge in [-0.25, -0.2) is 56.8 Å². The maximum Gasteiger partial charge on any atom is 0.258 e. The maximum absolute atomic E-state index is 14.5. The first kappa shape index (κ1) is 96.9. The molecule has 19 heterocycles. The number of hydrogen-bond donors (Lipinski definition) is 5. The lowest BCUT2D eigenvalue weighted by Gasteiger charge is -2.37. The molecule has 17 aromatic rings. The number of fused-ring (bicyclic) bond motifs is 7. The number of pyridine rings is 7. The Bertz CT molecular complexity index is 7920. The Balaban J connectivity index is 0.000000117. The Hall–Kier alpha value is -15.4. The minimum Gasteiger partial charge on any atom is -0.494 e. The van der Waals surface area contributed by atoms with E-state index in [2.05, 4.69) is 84.3 Å². The number of likely N-dealkylation sites (N-methyl/N-ethyl adjacent to an activating group) is 1. The van der Waals surface area contributed by atoms with E-state index in [1.54, 1.807) is 79.0 Å². The van der Waals surface area contributed by atoms with E-state index in [1.165, 1.54) is 113 Å². The van der Waals surface area contributed by atoms with Crippen LogP contribution >= 0.6 is 0 Å². The lowest BCUT2D eigenvalue weighted by molar-refractivity contribution is 0.114. The minimum absolute atomic E-state index is 0.0351. The van der Waals surface area contributed by atoms with Gasteiger partial charge in [0.1, 0.15) is 28.2 Å². The Kier molecular flexibility index (Phi) is 28.4. The monoisotopic (exact) mass is 1930 g/mol. The van der Waals surface area contributed by atoms with Crippen LogP contribution in [0.25, 0.3) is 95.8 Å². The molecule has 5 aliphatic heterocycles. The van der Waals surface area contributed by atoms with Crippen molar-refractivity contribution in [2.24, 2.45) is 5.73 Å². The molecule has 0 amide bonds. The van der Waals surface area contributed by atoms with Gasteiger partial charge in [-0.1, -0.05) is 0 Å². The van der Waals surface area contributed by atoms with Gasteiger partial charge in [0.2, 0.25) is 0 Å². The summed E-state index contributed by atoms with van der Waals surface area (Å²) < 4.78 is 96.6. The van der Waals surface area contributed by atoms with Crippen LogP contribution in [-0.2, 0) is 0 Å². The summed E-state index contributed by atoms with van der Waals surface area (Å²) in [6.45, 7) is 18.1. The first-order valence-corrected chi connectivity index (χ1v) is 46.9. The van der Waals surface area contributed by atoms with E-state index in [0.717, 1.165) is 131 Å². The van der Waals surface area contributed by atoms with Gasteiger partial charge in [-0.15, -0.1) is 0 Å². The number of nitrogens with two attached hydrogens (primary N) is 1. The molecule has 0 radical (unpaired) electrons. The molecule has 0 unspecified atom stereocenters. The highest BCUT2D eigenvalue weighted by Gasteiger charge is 2.34. The van der Waals surface area contributed by atoms with Gasteiger partial charge in [0.15, 0.2) is 57.6 Å². The number of ether oxygens (including phenoxy) is 3. The number of aliphatic hydroxyl groups is 1. The number of imidazole rings is 2. The van der Waals surface area contributed by atoms with E-state index in [9.17, 15) is 51.0 Å². The smallest absolute Gasteiger partial charge is 0.258 e. The molecular weight excluding hydrogens is 1820 g/mol. The summed E-state index contributed by atoms with van der Waals surface area (Å²) in [5.74, 6) is -1.92. The van der Waals surface area contributed by atoms with Crippen molar-refractivity contribution >= 4 is 68.0 Å². The third kappa shape index (κ3) is 21.1. The standard InChI is InChI=1S/C22H23FN6O.C21H23FN4O3.C21H23FN4O2.C20H19FN6O.C20H21FN4O2/c1-13-8-27(9-14(2)24-13)17-4-5-20-26-19(7-21(30)29(20)12-17)16-6-18(23)22-25-15(3)10-28(22)11-16;1-24(2)17-11-25(12-18(17)27)14-5-7-20-23-16(9-21(28)26(20)10-14)13-4-6-19(29-3)15(22)8-13;1-23-15-7-9-25(10-8-15)16-4-6-20-24-18(12-21(27)26(20)13-16)14-3-5-19(28-2)17(22)11-14;1-13-10-26-11-14(8-16(21)20(26)23-13)17-9-19(28)27-12-15(2-3-18(27)24-17)25-6-4-22-5-7-25;1-27-18-4-2-13(10-16(18)21)17-11-20(26)25-12-15(3-5-19(25)23-17)24-8-6-14(22)7-9-24/h4-7,10-14,24H,8-9H2,1-3H3;4-10,17-18,27H,11-12H2,1-3H3;3-6,11-13,15,23H,7-10H2,1-2H3;2-3,8-12,22H,4-7H2,1H3;2-5,10-12,14H,6-9,22H2,1H3/t13-,14+;17-,18-;;;/m.1.../s1. The van der Waals surface area contributed by atoms with E-state index in [-0.39, 0.29) is 68.4 Å². The quantitative estimate of drug-likeness (QED) is 0.0595. The molecule has 0 spiro atoms. The second-order valence-electron chi connectivity index (χ2n) is 36.4. The summed E-state index contributed by atoms with van der Waals surface area (Å²) in [4.78, 5) is 108. The number of hydrogen-bond acceptors (Lipinski definition) is 26. The van der Waals surface area contributed by atoms with Crippen LogP contribution in [0.1, 0.15) is 50.9 Å². The van der Waals surface area contributed by atoms with Crippen molar-refractivity contribution in [2.75, 3.05) is 146 Å². The molecule has 0 saturated carbocycles. The van der Waals surface area contributed by atoms with Crippen molar-refractivity contribution < 1.29 is 41.3 Å². The van der Waals surface area contributed by atoms with Gasteiger partial charge in [-0.2, -0.15) is 0 Å². The molecule has 0 bridgehead atoms. The third-order valence-corrected chi connectivity index (χ3v) is 26.3. The highest BCUT2D eigenvalue weighted by molar-refractivity contribution is 5.70. The maximum atomic E-state index is 14.5. The number of aliphatic hydroxyl groups excluding tert-OH is 1. The predicted octanol–water partition coefficient (Wildman–Crippen LogP) is 11.3. The largest absolute Gasteiger partial charge is 0.494 e. The molecule has 14 aromatic heterocycles. The number of β-amino-alcohol motifs (C(OH)–C–C–N with tert-alkyl or cyclic N) is 1. The second-order valence-corrected chi connectivity index (χ2v) is 36.4. The SMILES string of the molecule is CNC1CCN(c2ccc3nc(-c4ccc(OC)c(F)c4)cc(=O)n3c2)CC1.COc1ccc(-c2cc(=O)n3cc(N4CCC(N)CC4)ccc3n2)cc1F.COc1ccc(-c2cc(=O)n3cc(N4C[C@@H](O)[C@H](N(C)C)C4)ccc3n2)cc1F.Cc1cn2cc(-c3cc(=O)n4cc(N5CCNCC5)ccc4n3)cc(F)c2n1.Cc1cn2cc(-c3cc(=O)n4cc(N5C[C@@H](C)N[C@@H](C)C5)ccc4n3)cc(F)c2n1. The second kappa shape index (κ2) is 41.6. The molecule has 4 atom stereocenters. The summed E-state index contributed by atoms with van der Waals surface area (Å²) in [7, 11) is 10.1. The van der Waals surface area contributed by atoms with Crippen LogP contribution in [0.5, 0.6) is 17.2 Å². The normalized spacial score (nSPS) is 16.9. The Labute approximate surface area is 811 Å². The van der Waals surface area contributed by atoms with Crippen molar-refractivity contribution in [3.63, 3.8) is 0 Å². The number of aromatic nitrogens is 14. The molecule has 3 aromatic carbocycles. The van der Waals surface area contributed by atoms with Crippen LogP contribution in [0.4, 0.5) is 50.4 Å². The average molecular weight is 1930 g/mol. The van der Waals surface area contributed by atoms with Gasteiger partial charge in [0.05, 0.1) is 102 Å². The van der Waals surface area contributed by atoms with Crippen molar-refractivity contribution in [1.82, 2.24) is 86.5 Å². The molecule has 5 aliphatic rings. The van der Waals surface area contributed by atoms with Gasteiger partial charge >= 0.3 is 0 Å². The van der Waals surface area contributed by atoms with Crippen molar-refractivity contribution in [2.45, 2.75) is 89.7 Å². The van der Waals surface area contributed by atoms with E-state index >= 15 is 0 Å². The predicted molar refractivity (Wildman–Crippen MR) is 540 cm³/mol. The molecule has 5 saturated heterocycles. The summed E-state index contributed by atoms with van der Waals surface area (Å²) in [5, 5.41) is 20.4. The third-order valence-electron chi connectivity index (χ3n) is 26.3. The molecule has 734 valence electrons. The number of nitrogens with one attached hydrogen (secondary N) is 3. The zero-order chi connectivity index (χ0) is 99.6. The zero-order valence-electron chi connectivity index (χ0n) is 80.1. The molecule has 38 heteroatoms. The number of aryl methyl sites for hydroxylation is 2. The van der Waals surface area contributed by atoms with Crippen LogP contribution in [0.3, 0.4) is 0 Å². The first-order chi connectivity index (χ1) is 68.4. The molecule has 5 fully saturated rings. The van der Waals surface area contributed by atoms with Gasteiger partial charge in [0.25, 0.3) is 27.8 Å². The summed E-state index contributed by atoms with van der Waals surface area (Å²) in [5.41, 5.74) is 19.0. The first-order valence-electron chi connectivity index (χ1n) is 46.9. The van der Waals surface area contributed by atoms with E-state index in [4.69, 9.17) is 19.9 Å². The number of nitrogens with zero attached hydrogens (tertiary/aromatic N) is 20. The summed E-state index contributed by atoms with van der Waals surface area (Å²) in [6.07, 6.45) is 19.6. The number of benzene rings is 3. The molecule has 22 rings (SSSR count). The highest BCUT2D eigenvalue weighted by Crippen LogP contribution is 2.33. The van der Waals surface area contributed by atoms with Gasteiger partial charge in [-0.05, 0) is 202 Å². The topological polar surface area (TPSA) is 336 Å². The van der Waals surface area contributed by atoms with Crippen molar-refractivity contribution in [1.29, 1.82) is 0 Å². The number of halogens is 5. The van der Waals surface area contributed by atoms with Gasteiger partial charge in [-0.3, -0.25) is 46.0 Å². The van der Waals surface area contributed by atoms with Gasteiger partial charge in [0, 0.05) is 217 Å². The molecule has 0 aliphatic carbocycles. The summed E-state index contributed by atoms with van der Waals surface area (Å²) in [6, 6.07) is 43.9. The lowest BCUT2D eigenvalue weighted by Crippen LogP contribution is -2.54. The van der Waals surface area contributed by atoms with Crippen LogP contribution in [0, 0.1) is 42.9 Å². The minimum atomic E-state index is -0.509. The number of methoxy groups -OCH3 is 3. The van der Waals surface area contributed by atoms with E-state index < -0.39 is 35.2 Å². The summed E-state index contributed by atoms with van der Waals surface area (Å²) >= 11 is 0. The zero-order valence-corrected chi connectivity index (χ0v) is 80.1. The molecule has 142 heavy (non-hydrogen) atoms. The highest BCUT2D eigenvalue weighted by atomic mass is 19.1. The van der Waals surface area contributed by atoms with Crippen LogP contribution in [0.15, 0.2) is 237 Å². The van der Waals surface area contributed by atoms with Gasteiger partial charge < -0.3 is 79.2 Å². The Morgan fingerprint density at radius 1 is 0.380 bits per heavy atom. The van der Waals surface area contributed by atoms with E-state index in [1.807, 2.05) is 118 Å². The molecular formula is C104H109F5N24O9. The number of anilines is 5. The molecule has 6 N–H and O–H groups in total. The Morgan fingerprint density at radius 3 is 1.01 bits per heavy atom. The number of rotatable bonds is 15. The van der Waals surface area contributed by atoms with Crippen LogP contribution in [-0.4, -0.2) is 233 Å². The Morgan fingerprint density at radius 2 is 0.690 bits per heavy atom. The van der Waals surface area contributed by atoms with Crippen LogP contribution in [0.2, 0.25) is 0 Å². The fraction of sp³-hybridized carbons (Fsp3) is 0.308. The lowest BCUT2D eigenvalue weighted by atomic mass is 10.1. The van der Waals surface area contributed by atoms with Crippen LogP contribution < -0.4 is 88.2 Å². The number of piperazine rings is 2. The average Bonchev–Trinajstić information content (AvgIpc) is 1.22. The van der Waals surface area contributed by atoms with E-state index in [0.29, 0.717) is 116 Å². The molecule has 33 nitrogen and oxygen atoms in total. The van der Waals surface area contributed by atoms with Crippen molar-refractivity contribution in [3.8, 4) is 73.5 Å².